The Morgan fingerprint density at radius 1 is 1.09 bits per heavy atom. The molecule has 0 saturated heterocycles. The predicted octanol–water partition coefficient (Wildman–Crippen LogP) is 2.97. The SMILES string of the molecule is O=C1N[C@H](Cc2ccccc2)Cc2[nH]c(-c3ccncc3)cc21. The summed E-state index contributed by atoms with van der Waals surface area (Å²) in [6.45, 7) is 0. The van der Waals surface area contributed by atoms with Crippen LogP contribution in [0.15, 0.2) is 60.9 Å². The van der Waals surface area contributed by atoms with E-state index < -0.39 is 0 Å². The minimum Gasteiger partial charge on any atom is -0.358 e. The highest BCUT2D eigenvalue weighted by Gasteiger charge is 2.26. The van der Waals surface area contributed by atoms with Crippen LogP contribution in [0.4, 0.5) is 0 Å². The molecule has 1 aromatic carbocycles. The molecule has 1 atom stereocenters. The molecule has 3 heterocycles. The Hall–Kier alpha value is -2.88. The lowest BCUT2D eigenvalue weighted by molar-refractivity contribution is 0.0925. The Bertz CT molecular complexity index is 824. The molecule has 4 nitrogen and oxygen atoms in total. The molecule has 1 amide bonds. The summed E-state index contributed by atoms with van der Waals surface area (Å²) in [5.41, 5.74) is 5.01. The standard InChI is InChI=1S/C19H17N3O/c23-19-16-12-17(14-6-8-20-9-7-14)22-18(16)11-15(21-19)10-13-4-2-1-3-5-13/h1-9,12,15,22H,10-11H2,(H,21,23)/t15-/m1/s1. The molecule has 3 aromatic rings. The van der Waals surface area contributed by atoms with Crippen molar-refractivity contribution in [3.63, 3.8) is 0 Å². The van der Waals surface area contributed by atoms with E-state index in [-0.39, 0.29) is 11.9 Å². The van der Waals surface area contributed by atoms with Crippen molar-refractivity contribution in [2.45, 2.75) is 18.9 Å². The number of hydrogen-bond acceptors (Lipinski definition) is 2. The van der Waals surface area contributed by atoms with Gasteiger partial charge in [0.25, 0.3) is 5.91 Å². The van der Waals surface area contributed by atoms with Crippen LogP contribution < -0.4 is 5.32 Å². The quantitative estimate of drug-likeness (QED) is 0.781. The fourth-order valence-electron chi connectivity index (χ4n) is 3.13. The number of hydrogen-bond donors (Lipinski definition) is 2. The van der Waals surface area contributed by atoms with E-state index in [4.69, 9.17) is 0 Å². The number of aromatic nitrogens is 2. The maximum Gasteiger partial charge on any atom is 0.253 e. The van der Waals surface area contributed by atoms with Gasteiger partial charge in [0.1, 0.15) is 0 Å². The van der Waals surface area contributed by atoms with Gasteiger partial charge in [-0.3, -0.25) is 9.78 Å². The van der Waals surface area contributed by atoms with Crippen LogP contribution >= 0.6 is 0 Å². The summed E-state index contributed by atoms with van der Waals surface area (Å²) in [7, 11) is 0. The lowest BCUT2D eigenvalue weighted by atomic mass is 9.96. The van der Waals surface area contributed by atoms with E-state index in [1.54, 1.807) is 12.4 Å². The summed E-state index contributed by atoms with van der Waals surface area (Å²) >= 11 is 0. The Balaban J connectivity index is 1.59. The number of pyridine rings is 1. The van der Waals surface area contributed by atoms with Gasteiger partial charge >= 0.3 is 0 Å². The van der Waals surface area contributed by atoms with Gasteiger partial charge in [-0.05, 0) is 30.2 Å². The Labute approximate surface area is 134 Å². The molecule has 1 aliphatic rings. The van der Waals surface area contributed by atoms with Gasteiger partial charge in [-0.15, -0.1) is 0 Å². The van der Waals surface area contributed by atoms with Crippen LogP contribution in [0, 0.1) is 0 Å². The highest BCUT2D eigenvalue weighted by atomic mass is 16.1. The first kappa shape index (κ1) is 13.8. The van der Waals surface area contributed by atoms with E-state index in [9.17, 15) is 4.79 Å². The molecule has 2 N–H and O–H groups in total. The molecule has 0 fully saturated rings. The van der Waals surface area contributed by atoms with Crippen molar-refractivity contribution in [3.05, 3.63) is 77.7 Å². The Morgan fingerprint density at radius 3 is 2.65 bits per heavy atom. The lowest BCUT2D eigenvalue weighted by Crippen LogP contribution is -2.42. The normalized spacial score (nSPS) is 16.7. The number of H-pyrrole nitrogens is 1. The summed E-state index contributed by atoms with van der Waals surface area (Å²) in [4.78, 5) is 19.8. The summed E-state index contributed by atoms with van der Waals surface area (Å²) in [6, 6.07) is 16.2. The van der Waals surface area contributed by atoms with Crippen molar-refractivity contribution in [3.8, 4) is 11.3 Å². The summed E-state index contributed by atoms with van der Waals surface area (Å²) in [5.74, 6) is 0.00346. The molecule has 0 spiro atoms. The van der Waals surface area contributed by atoms with Crippen molar-refractivity contribution >= 4 is 5.91 Å². The Kier molecular flexibility index (Phi) is 3.42. The number of carbonyl (C=O) groups is 1. The predicted molar refractivity (Wildman–Crippen MR) is 89.1 cm³/mol. The molecule has 0 radical (unpaired) electrons. The summed E-state index contributed by atoms with van der Waals surface area (Å²) in [5, 5.41) is 3.11. The van der Waals surface area contributed by atoms with Crippen LogP contribution in [-0.4, -0.2) is 21.9 Å². The number of nitrogens with zero attached hydrogens (tertiary/aromatic N) is 1. The van der Waals surface area contributed by atoms with Crippen molar-refractivity contribution in [2.24, 2.45) is 0 Å². The molecule has 4 heteroatoms. The molecular formula is C19H17N3O. The van der Waals surface area contributed by atoms with Gasteiger partial charge in [0, 0.05) is 41.8 Å². The third-order valence-corrected chi connectivity index (χ3v) is 4.25. The maximum absolute atomic E-state index is 12.4. The smallest absolute Gasteiger partial charge is 0.253 e. The Morgan fingerprint density at radius 2 is 1.87 bits per heavy atom. The van der Waals surface area contributed by atoms with Crippen LogP contribution in [0.1, 0.15) is 21.6 Å². The largest absolute Gasteiger partial charge is 0.358 e. The fourth-order valence-corrected chi connectivity index (χ4v) is 3.13. The minimum atomic E-state index is 0.00346. The first-order chi connectivity index (χ1) is 11.3. The monoisotopic (exact) mass is 303 g/mol. The van der Waals surface area contributed by atoms with E-state index in [0.29, 0.717) is 0 Å². The molecule has 2 aromatic heterocycles. The second kappa shape index (κ2) is 5.72. The number of nitrogens with one attached hydrogen (secondary N) is 2. The van der Waals surface area contributed by atoms with Gasteiger partial charge in [0.15, 0.2) is 0 Å². The van der Waals surface area contributed by atoms with Gasteiger partial charge in [0.05, 0.1) is 5.56 Å². The van der Waals surface area contributed by atoms with Crippen molar-refractivity contribution in [1.82, 2.24) is 15.3 Å². The number of fused-ring (bicyclic) bond motifs is 1. The summed E-state index contributed by atoms with van der Waals surface area (Å²) in [6.07, 6.45) is 5.18. The second-order valence-corrected chi connectivity index (χ2v) is 5.88. The highest BCUT2D eigenvalue weighted by molar-refractivity contribution is 5.98. The maximum atomic E-state index is 12.4. The number of rotatable bonds is 3. The molecule has 0 aliphatic carbocycles. The number of carbonyl (C=O) groups excluding carboxylic acids is 1. The first-order valence-electron chi connectivity index (χ1n) is 7.76. The molecule has 0 bridgehead atoms. The average Bonchev–Trinajstić information content (AvgIpc) is 3.01. The molecular weight excluding hydrogens is 286 g/mol. The van der Waals surface area contributed by atoms with Crippen molar-refractivity contribution in [1.29, 1.82) is 0 Å². The molecule has 0 unspecified atom stereocenters. The van der Waals surface area contributed by atoms with E-state index in [2.05, 4.69) is 27.4 Å². The molecule has 114 valence electrons. The van der Waals surface area contributed by atoms with Gasteiger partial charge in [-0.25, -0.2) is 0 Å². The third kappa shape index (κ3) is 2.75. The zero-order valence-electron chi connectivity index (χ0n) is 12.6. The van der Waals surface area contributed by atoms with Gasteiger partial charge in [-0.2, -0.15) is 0 Å². The molecule has 4 rings (SSSR count). The van der Waals surface area contributed by atoms with Crippen molar-refractivity contribution in [2.75, 3.05) is 0 Å². The van der Waals surface area contributed by atoms with Gasteiger partial charge in [0.2, 0.25) is 0 Å². The van der Waals surface area contributed by atoms with Crippen LogP contribution in [0.2, 0.25) is 0 Å². The van der Waals surface area contributed by atoms with Crippen LogP contribution in [0.5, 0.6) is 0 Å². The van der Waals surface area contributed by atoms with Crippen LogP contribution in [0.3, 0.4) is 0 Å². The first-order valence-corrected chi connectivity index (χ1v) is 7.76. The second-order valence-electron chi connectivity index (χ2n) is 5.88. The van der Waals surface area contributed by atoms with Gasteiger partial charge in [-0.1, -0.05) is 30.3 Å². The third-order valence-electron chi connectivity index (χ3n) is 4.25. The zero-order valence-corrected chi connectivity index (χ0v) is 12.6. The fraction of sp³-hybridized carbons (Fsp3) is 0.158. The number of aromatic amines is 1. The van der Waals surface area contributed by atoms with Crippen molar-refractivity contribution < 1.29 is 4.79 Å². The lowest BCUT2D eigenvalue weighted by Gasteiger charge is -2.23. The number of benzene rings is 1. The van der Waals surface area contributed by atoms with Gasteiger partial charge < -0.3 is 10.3 Å². The molecule has 1 aliphatic heterocycles. The summed E-state index contributed by atoms with van der Waals surface area (Å²) < 4.78 is 0. The van der Waals surface area contributed by atoms with E-state index in [0.717, 1.165) is 35.4 Å². The number of amides is 1. The topological polar surface area (TPSA) is 57.8 Å². The minimum absolute atomic E-state index is 0.00346. The molecule has 23 heavy (non-hydrogen) atoms. The molecule has 0 saturated carbocycles. The van der Waals surface area contributed by atoms with Crippen LogP contribution in [0.25, 0.3) is 11.3 Å². The van der Waals surface area contributed by atoms with E-state index in [1.165, 1.54) is 5.56 Å². The zero-order chi connectivity index (χ0) is 15.6. The van der Waals surface area contributed by atoms with Crippen LogP contribution in [-0.2, 0) is 12.8 Å². The average molecular weight is 303 g/mol. The highest BCUT2D eigenvalue weighted by Crippen LogP contribution is 2.25. The van der Waals surface area contributed by atoms with E-state index >= 15 is 0 Å². The van der Waals surface area contributed by atoms with E-state index in [1.807, 2.05) is 36.4 Å².